The maximum Gasteiger partial charge on any atom is 0.0693 e. The number of rotatable bonds is 4. The average Bonchev–Trinajstić information content (AvgIpc) is 2.41. The molecule has 0 amide bonds. The lowest BCUT2D eigenvalue weighted by Crippen LogP contribution is -1.98. The monoisotopic (exact) mass is 279 g/mol. The van der Waals surface area contributed by atoms with Gasteiger partial charge in [-0.05, 0) is 35.4 Å². The van der Waals surface area contributed by atoms with E-state index in [1.807, 2.05) is 36.4 Å². The van der Waals surface area contributed by atoms with Crippen molar-refractivity contribution < 1.29 is 5.11 Å². The molecule has 0 saturated carbocycles. The van der Waals surface area contributed by atoms with Gasteiger partial charge in [0.15, 0.2) is 0 Å². The highest BCUT2D eigenvalue weighted by atomic mass is 35.5. The van der Waals surface area contributed by atoms with E-state index in [1.54, 1.807) is 17.8 Å². The van der Waals surface area contributed by atoms with E-state index in [9.17, 15) is 5.11 Å². The molecule has 0 aliphatic heterocycles. The van der Waals surface area contributed by atoms with Gasteiger partial charge in [-0.25, -0.2) is 0 Å². The van der Waals surface area contributed by atoms with E-state index in [-0.39, 0.29) is 6.61 Å². The summed E-state index contributed by atoms with van der Waals surface area (Å²) in [5, 5.41) is 9.99. The van der Waals surface area contributed by atoms with Gasteiger partial charge in [0.2, 0.25) is 0 Å². The van der Waals surface area contributed by atoms with E-state index in [2.05, 4.69) is 0 Å². The molecule has 0 bridgehead atoms. The molecule has 0 fully saturated rings. The zero-order valence-corrected chi connectivity index (χ0v) is 11.3. The largest absolute Gasteiger partial charge is 0.392 e. The molecular weight excluding hydrogens is 266 g/mol. The minimum absolute atomic E-state index is 0.0202. The van der Waals surface area contributed by atoms with Crippen LogP contribution in [-0.4, -0.2) is 5.11 Å². The molecule has 0 heterocycles. The summed E-state index contributed by atoms with van der Waals surface area (Å²) >= 11 is 7.52. The van der Waals surface area contributed by atoms with Gasteiger partial charge < -0.3 is 10.8 Å². The van der Waals surface area contributed by atoms with Gasteiger partial charge in [-0.1, -0.05) is 41.6 Å². The Balaban J connectivity index is 2.33. The summed E-state index contributed by atoms with van der Waals surface area (Å²) in [6, 6.07) is 13.5. The van der Waals surface area contributed by atoms with Gasteiger partial charge in [-0.3, -0.25) is 0 Å². The highest BCUT2D eigenvalue weighted by molar-refractivity contribution is 7.99. The third kappa shape index (κ3) is 3.06. The minimum Gasteiger partial charge on any atom is -0.392 e. The summed E-state index contributed by atoms with van der Waals surface area (Å²) < 4.78 is 0. The number of aliphatic hydroxyl groups is 1. The van der Waals surface area contributed by atoms with Crippen molar-refractivity contribution >= 4 is 23.4 Å². The SMILES string of the molecule is NCc1ccccc1Sc1ccc(Cl)cc1CO. The molecule has 0 aromatic heterocycles. The molecule has 2 aromatic rings. The summed E-state index contributed by atoms with van der Waals surface area (Å²) in [5.41, 5.74) is 7.65. The van der Waals surface area contributed by atoms with Crippen LogP contribution in [-0.2, 0) is 13.2 Å². The number of benzene rings is 2. The standard InChI is InChI=1S/C14H14ClNOS/c15-12-5-6-14(11(7-12)9-17)18-13-4-2-1-3-10(13)8-16/h1-7,17H,8-9,16H2. The van der Waals surface area contributed by atoms with Crippen LogP contribution >= 0.6 is 23.4 Å². The van der Waals surface area contributed by atoms with Crippen LogP contribution in [0.4, 0.5) is 0 Å². The molecular formula is C14H14ClNOS. The van der Waals surface area contributed by atoms with E-state index in [4.69, 9.17) is 17.3 Å². The number of nitrogens with two attached hydrogens (primary N) is 1. The third-order valence-electron chi connectivity index (χ3n) is 2.61. The van der Waals surface area contributed by atoms with Crippen LogP contribution in [0.15, 0.2) is 52.3 Å². The Hall–Kier alpha value is -1.00. The Labute approximate surface area is 116 Å². The van der Waals surface area contributed by atoms with Crippen LogP contribution in [0, 0.1) is 0 Å². The van der Waals surface area contributed by atoms with E-state index in [1.165, 1.54) is 0 Å². The molecule has 18 heavy (non-hydrogen) atoms. The van der Waals surface area contributed by atoms with Gasteiger partial charge in [0, 0.05) is 21.4 Å². The first-order valence-electron chi connectivity index (χ1n) is 5.59. The molecule has 0 aliphatic carbocycles. The molecule has 0 radical (unpaired) electrons. The highest BCUT2D eigenvalue weighted by Crippen LogP contribution is 2.33. The van der Waals surface area contributed by atoms with Crippen molar-refractivity contribution in [3.8, 4) is 0 Å². The normalized spacial score (nSPS) is 10.6. The quantitative estimate of drug-likeness (QED) is 0.901. The zero-order valence-electron chi connectivity index (χ0n) is 9.77. The third-order valence-corrected chi connectivity index (χ3v) is 4.08. The first-order valence-corrected chi connectivity index (χ1v) is 6.79. The molecule has 94 valence electrons. The molecule has 4 heteroatoms. The molecule has 0 atom stereocenters. The van der Waals surface area contributed by atoms with Crippen LogP contribution in [0.1, 0.15) is 11.1 Å². The van der Waals surface area contributed by atoms with E-state index < -0.39 is 0 Å². The van der Waals surface area contributed by atoms with Gasteiger partial charge in [-0.2, -0.15) is 0 Å². The van der Waals surface area contributed by atoms with Crippen molar-refractivity contribution in [1.29, 1.82) is 0 Å². The van der Waals surface area contributed by atoms with E-state index >= 15 is 0 Å². The predicted molar refractivity (Wildman–Crippen MR) is 75.8 cm³/mol. The fourth-order valence-corrected chi connectivity index (χ4v) is 2.91. The van der Waals surface area contributed by atoms with Crippen molar-refractivity contribution in [2.45, 2.75) is 22.9 Å². The molecule has 0 unspecified atom stereocenters. The average molecular weight is 280 g/mol. The Morgan fingerprint density at radius 1 is 1.06 bits per heavy atom. The molecule has 2 nitrogen and oxygen atoms in total. The van der Waals surface area contributed by atoms with Gasteiger partial charge in [0.25, 0.3) is 0 Å². The van der Waals surface area contributed by atoms with Crippen molar-refractivity contribution in [2.75, 3.05) is 0 Å². The Bertz CT molecular complexity index is 545. The first kappa shape index (κ1) is 13.4. The lowest BCUT2D eigenvalue weighted by molar-refractivity contribution is 0.279. The fourth-order valence-electron chi connectivity index (χ4n) is 1.66. The maximum absolute atomic E-state index is 9.35. The van der Waals surface area contributed by atoms with Gasteiger partial charge in [0.05, 0.1) is 6.61 Å². The molecule has 2 aromatic carbocycles. The number of hydrogen-bond acceptors (Lipinski definition) is 3. The van der Waals surface area contributed by atoms with Crippen LogP contribution < -0.4 is 5.73 Å². The number of aliphatic hydroxyl groups excluding tert-OH is 1. The summed E-state index contributed by atoms with van der Waals surface area (Å²) in [5.74, 6) is 0. The van der Waals surface area contributed by atoms with Crippen molar-refractivity contribution in [1.82, 2.24) is 0 Å². The predicted octanol–water partition coefficient (Wildman–Crippen LogP) is 3.44. The van der Waals surface area contributed by atoms with Crippen LogP contribution in [0.2, 0.25) is 5.02 Å². The fraction of sp³-hybridized carbons (Fsp3) is 0.143. The zero-order chi connectivity index (χ0) is 13.0. The van der Waals surface area contributed by atoms with Gasteiger partial charge in [-0.15, -0.1) is 0 Å². The van der Waals surface area contributed by atoms with Crippen molar-refractivity contribution in [2.24, 2.45) is 5.73 Å². The second kappa shape index (κ2) is 6.25. The topological polar surface area (TPSA) is 46.2 Å². The van der Waals surface area contributed by atoms with Crippen LogP contribution in [0.25, 0.3) is 0 Å². The van der Waals surface area contributed by atoms with Crippen molar-refractivity contribution in [3.63, 3.8) is 0 Å². The molecule has 2 rings (SSSR count). The summed E-state index contributed by atoms with van der Waals surface area (Å²) in [4.78, 5) is 2.11. The first-order chi connectivity index (χ1) is 8.74. The molecule has 0 spiro atoms. The summed E-state index contributed by atoms with van der Waals surface area (Å²) in [6.07, 6.45) is 0. The lowest BCUT2D eigenvalue weighted by atomic mass is 10.2. The second-order valence-corrected chi connectivity index (χ2v) is 5.34. The number of hydrogen-bond donors (Lipinski definition) is 2. The molecule has 0 aliphatic rings. The minimum atomic E-state index is -0.0202. The molecule has 0 saturated heterocycles. The maximum atomic E-state index is 9.35. The van der Waals surface area contributed by atoms with Gasteiger partial charge in [0.1, 0.15) is 0 Å². The second-order valence-electron chi connectivity index (χ2n) is 3.82. The Kier molecular flexibility index (Phi) is 4.66. The van der Waals surface area contributed by atoms with Crippen molar-refractivity contribution in [3.05, 3.63) is 58.6 Å². The van der Waals surface area contributed by atoms with Crippen LogP contribution in [0.5, 0.6) is 0 Å². The lowest BCUT2D eigenvalue weighted by Gasteiger charge is -2.10. The Morgan fingerprint density at radius 3 is 2.50 bits per heavy atom. The number of halogens is 1. The highest BCUT2D eigenvalue weighted by Gasteiger charge is 2.07. The van der Waals surface area contributed by atoms with Crippen LogP contribution in [0.3, 0.4) is 0 Å². The van der Waals surface area contributed by atoms with E-state index in [0.29, 0.717) is 11.6 Å². The van der Waals surface area contributed by atoms with E-state index in [0.717, 1.165) is 20.9 Å². The smallest absolute Gasteiger partial charge is 0.0693 e. The van der Waals surface area contributed by atoms with Gasteiger partial charge >= 0.3 is 0 Å². The summed E-state index contributed by atoms with van der Waals surface area (Å²) in [7, 11) is 0. The molecule has 3 N–H and O–H groups in total. The summed E-state index contributed by atoms with van der Waals surface area (Å²) in [6.45, 7) is 0.485. The Morgan fingerprint density at radius 2 is 1.78 bits per heavy atom.